The smallest absolute Gasteiger partial charge is 0.255 e. The summed E-state index contributed by atoms with van der Waals surface area (Å²) in [5.74, 6) is 0.178. The van der Waals surface area contributed by atoms with Crippen LogP contribution in [0.1, 0.15) is 5.56 Å². The van der Waals surface area contributed by atoms with Gasteiger partial charge in [-0.2, -0.15) is 0 Å². The summed E-state index contributed by atoms with van der Waals surface area (Å²) < 4.78 is 10.9. The number of benzene rings is 1. The molecule has 0 spiro atoms. The van der Waals surface area contributed by atoms with Crippen LogP contribution in [-0.2, 0) is 4.79 Å². The number of primary amides is 1. The molecular weight excluding hydrogens is 292 g/mol. The number of ether oxygens (including phenoxy) is 2. The van der Waals surface area contributed by atoms with E-state index in [0.29, 0.717) is 21.5 Å². The van der Waals surface area contributed by atoms with E-state index in [0.717, 1.165) is 0 Å². The van der Waals surface area contributed by atoms with Crippen LogP contribution in [0.4, 0.5) is 0 Å². The third-order valence-electron chi connectivity index (χ3n) is 1.82. The molecular formula is C10H11BrN2O4. The van der Waals surface area contributed by atoms with Gasteiger partial charge in [0.05, 0.1) is 17.8 Å². The molecule has 0 bridgehead atoms. The zero-order valence-electron chi connectivity index (χ0n) is 9.01. The molecule has 0 aliphatic rings. The quantitative estimate of drug-likeness (QED) is 0.484. The molecule has 1 rings (SSSR count). The van der Waals surface area contributed by atoms with Gasteiger partial charge in [0, 0.05) is 5.56 Å². The summed E-state index contributed by atoms with van der Waals surface area (Å²) in [6.07, 6.45) is 1.24. The Morgan fingerprint density at radius 2 is 2.35 bits per heavy atom. The van der Waals surface area contributed by atoms with Crippen molar-refractivity contribution in [3.8, 4) is 11.5 Å². The number of hydrogen-bond acceptors (Lipinski definition) is 5. The molecule has 0 heterocycles. The Bertz CT molecular complexity index is 448. The highest BCUT2D eigenvalue weighted by Crippen LogP contribution is 2.36. The zero-order valence-corrected chi connectivity index (χ0v) is 10.6. The van der Waals surface area contributed by atoms with Crippen LogP contribution in [0.15, 0.2) is 21.8 Å². The minimum atomic E-state index is -0.583. The molecule has 7 heteroatoms. The van der Waals surface area contributed by atoms with Gasteiger partial charge in [-0.3, -0.25) is 4.79 Å². The van der Waals surface area contributed by atoms with Gasteiger partial charge in [0.1, 0.15) is 0 Å². The second-order valence-electron chi connectivity index (χ2n) is 3.03. The maximum atomic E-state index is 10.6. The van der Waals surface area contributed by atoms with Gasteiger partial charge in [0.15, 0.2) is 18.1 Å². The van der Waals surface area contributed by atoms with Crippen LogP contribution < -0.4 is 15.2 Å². The molecule has 0 radical (unpaired) electrons. The van der Waals surface area contributed by atoms with Crippen molar-refractivity contribution >= 4 is 28.1 Å². The van der Waals surface area contributed by atoms with Crippen LogP contribution in [0.2, 0.25) is 0 Å². The Hall–Kier alpha value is -1.76. The van der Waals surface area contributed by atoms with E-state index >= 15 is 0 Å². The standard InChI is InChI=1S/C10H11BrN2O4/c1-16-8-3-6(4-13-15)2-7(11)10(8)17-5-9(12)14/h2-4,15H,5H2,1H3,(H2,12,14)/b13-4-. The van der Waals surface area contributed by atoms with Crippen LogP contribution in [-0.4, -0.2) is 31.0 Å². The lowest BCUT2D eigenvalue weighted by molar-refractivity contribution is -0.119. The summed E-state index contributed by atoms with van der Waals surface area (Å²) in [7, 11) is 1.46. The largest absolute Gasteiger partial charge is 0.493 e. The second-order valence-corrected chi connectivity index (χ2v) is 3.89. The number of nitrogens with zero attached hydrogens (tertiary/aromatic N) is 1. The molecule has 0 fully saturated rings. The molecule has 3 N–H and O–H groups in total. The minimum Gasteiger partial charge on any atom is -0.493 e. The number of carbonyl (C=O) groups excluding carboxylic acids is 1. The first-order chi connectivity index (χ1) is 8.08. The van der Waals surface area contributed by atoms with Crippen molar-refractivity contribution in [2.24, 2.45) is 10.9 Å². The maximum absolute atomic E-state index is 10.6. The first-order valence-electron chi connectivity index (χ1n) is 4.54. The van der Waals surface area contributed by atoms with Crippen LogP contribution in [0.5, 0.6) is 11.5 Å². The fourth-order valence-electron chi connectivity index (χ4n) is 1.16. The van der Waals surface area contributed by atoms with Gasteiger partial charge >= 0.3 is 0 Å². The number of rotatable bonds is 5. The zero-order chi connectivity index (χ0) is 12.8. The predicted octanol–water partition coefficient (Wildman–Crippen LogP) is 1.13. The lowest BCUT2D eigenvalue weighted by Crippen LogP contribution is -2.20. The highest BCUT2D eigenvalue weighted by Gasteiger charge is 2.12. The van der Waals surface area contributed by atoms with Crippen molar-refractivity contribution < 1.29 is 19.5 Å². The molecule has 0 atom stereocenters. The third-order valence-corrected chi connectivity index (χ3v) is 2.41. The van der Waals surface area contributed by atoms with E-state index in [-0.39, 0.29) is 6.61 Å². The Balaban J connectivity index is 3.07. The lowest BCUT2D eigenvalue weighted by atomic mass is 10.2. The maximum Gasteiger partial charge on any atom is 0.255 e. The van der Waals surface area contributed by atoms with Crippen molar-refractivity contribution in [2.75, 3.05) is 13.7 Å². The highest BCUT2D eigenvalue weighted by molar-refractivity contribution is 9.10. The van der Waals surface area contributed by atoms with Gasteiger partial charge in [0.2, 0.25) is 0 Å². The minimum absolute atomic E-state index is 0.248. The van der Waals surface area contributed by atoms with Crippen molar-refractivity contribution in [1.82, 2.24) is 0 Å². The Kier molecular flexibility index (Phi) is 4.77. The molecule has 1 aromatic rings. The summed E-state index contributed by atoms with van der Waals surface area (Å²) in [6, 6.07) is 3.25. The molecule has 17 heavy (non-hydrogen) atoms. The van der Waals surface area contributed by atoms with E-state index in [1.54, 1.807) is 12.1 Å². The molecule has 0 aliphatic carbocycles. The summed E-state index contributed by atoms with van der Waals surface area (Å²) >= 11 is 3.26. The summed E-state index contributed by atoms with van der Waals surface area (Å²) in [5, 5.41) is 11.4. The van der Waals surface area contributed by atoms with Crippen molar-refractivity contribution in [3.05, 3.63) is 22.2 Å². The van der Waals surface area contributed by atoms with Gasteiger partial charge in [-0.1, -0.05) is 5.16 Å². The lowest BCUT2D eigenvalue weighted by Gasteiger charge is -2.12. The summed E-state index contributed by atoms with van der Waals surface area (Å²) in [4.78, 5) is 10.6. The van der Waals surface area contributed by atoms with Crippen LogP contribution in [0.25, 0.3) is 0 Å². The normalized spacial score (nSPS) is 10.5. The molecule has 6 nitrogen and oxygen atoms in total. The highest BCUT2D eigenvalue weighted by atomic mass is 79.9. The van der Waals surface area contributed by atoms with E-state index in [4.69, 9.17) is 20.4 Å². The molecule has 0 aliphatic heterocycles. The number of nitrogens with two attached hydrogens (primary N) is 1. The fourth-order valence-corrected chi connectivity index (χ4v) is 1.74. The van der Waals surface area contributed by atoms with E-state index in [9.17, 15) is 4.79 Å². The first-order valence-corrected chi connectivity index (χ1v) is 5.34. The molecule has 0 saturated carbocycles. The SMILES string of the molecule is COc1cc(/C=N\O)cc(Br)c1OCC(N)=O. The average molecular weight is 303 g/mol. The molecule has 0 saturated heterocycles. The number of amides is 1. The molecule has 92 valence electrons. The van der Waals surface area contributed by atoms with Gasteiger partial charge in [-0.05, 0) is 28.1 Å². The summed E-state index contributed by atoms with van der Waals surface area (Å²) in [6.45, 7) is -0.248. The predicted molar refractivity (Wildman–Crippen MR) is 64.8 cm³/mol. The number of methoxy groups -OCH3 is 1. The number of halogens is 1. The monoisotopic (exact) mass is 302 g/mol. The molecule has 1 amide bonds. The van der Waals surface area contributed by atoms with Gasteiger partial charge in [-0.25, -0.2) is 0 Å². The van der Waals surface area contributed by atoms with Gasteiger partial charge in [-0.15, -0.1) is 0 Å². The summed E-state index contributed by atoms with van der Waals surface area (Å²) in [5.41, 5.74) is 5.60. The number of carbonyl (C=O) groups is 1. The van der Waals surface area contributed by atoms with Crippen LogP contribution in [0, 0.1) is 0 Å². The topological polar surface area (TPSA) is 94.1 Å². The van der Waals surface area contributed by atoms with Crippen molar-refractivity contribution in [1.29, 1.82) is 0 Å². The van der Waals surface area contributed by atoms with E-state index < -0.39 is 5.91 Å². The van der Waals surface area contributed by atoms with E-state index in [1.165, 1.54) is 13.3 Å². The van der Waals surface area contributed by atoms with Gasteiger partial charge in [0.25, 0.3) is 5.91 Å². The molecule has 0 unspecified atom stereocenters. The third kappa shape index (κ3) is 3.63. The van der Waals surface area contributed by atoms with E-state index in [1.807, 2.05) is 0 Å². The fraction of sp³-hybridized carbons (Fsp3) is 0.200. The van der Waals surface area contributed by atoms with Crippen molar-refractivity contribution in [2.45, 2.75) is 0 Å². The Labute approximate surface area is 106 Å². The second kappa shape index (κ2) is 6.09. The molecule has 0 aromatic heterocycles. The first kappa shape index (κ1) is 13.3. The Morgan fingerprint density at radius 1 is 1.65 bits per heavy atom. The van der Waals surface area contributed by atoms with Gasteiger partial charge < -0.3 is 20.4 Å². The van der Waals surface area contributed by atoms with E-state index in [2.05, 4.69) is 21.1 Å². The average Bonchev–Trinajstić information content (AvgIpc) is 2.27. The Morgan fingerprint density at radius 3 is 2.88 bits per heavy atom. The van der Waals surface area contributed by atoms with Crippen molar-refractivity contribution in [3.63, 3.8) is 0 Å². The number of oxime groups is 1. The van der Waals surface area contributed by atoms with Crippen LogP contribution in [0.3, 0.4) is 0 Å². The molecule has 1 aromatic carbocycles. The van der Waals surface area contributed by atoms with Crippen LogP contribution >= 0.6 is 15.9 Å². The number of hydrogen-bond donors (Lipinski definition) is 2.